The number of aryl methyl sites for hydroxylation is 2. The van der Waals surface area contributed by atoms with Crippen LogP contribution in [0, 0.1) is 13.8 Å². The van der Waals surface area contributed by atoms with Gasteiger partial charge in [-0.3, -0.25) is 9.00 Å². The number of carbonyl (C=O) groups is 1. The van der Waals surface area contributed by atoms with Crippen LogP contribution in [0.1, 0.15) is 20.8 Å². The summed E-state index contributed by atoms with van der Waals surface area (Å²) in [5, 5.41) is 1.86. The van der Waals surface area contributed by atoms with Gasteiger partial charge >= 0.3 is 0 Å². The third-order valence-electron chi connectivity index (χ3n) is 2.65. The van der Waals surface area contributed by atoms with Crippen molar-refractivity contribution in [1.29, 1.82) is 0 Å². The van der Waals surface area contributed by atoms with E-state index in [1.807, 2.05) is 43.5 Å². The predicted octanol–water partition coefficient (Wildman–Crippen LogP) is 3.36. The molecule has 0 aliphatic carbocycles. The molecule has 0 N–H and O–H groups in total. The van der Waals surface area contributed by atoms with E-state index in [1.54, 1.807) is 6.07 Å². The molecular weight excluding hydrogens is 264 g/mol. The van der Waals surface area contributed by atoms with Crippen LogP contribution >= 0.6 is 11.3 Å². The van der Waals surface area contributed by atoms with Crippen LogP contribution in [0.5, 0.6) is 0 Å². The summed E-state index contributed by atoms with van der Waals surface area (Å²) >= 11 is 1.39. The highest BCUT2D eigenvalue weighted by molar-refractivity contribution is 7.85. The van der Waals surface area contributed by atoms with Crippen LogP contribution in [0.3, 0.4) is 0 Å². The first kappa shape index (κ1) is 13.2. The summed E-state index contributed by atoms with van der Waals surface area (Å²) in [6, 6.07) is 9.43. The molecule has 0 radical (unpaired) electrons. The van der Waals surface area contributed by atoms with Crippen LogP contribution in [0.25, 0.3) is 0 Å². The summed E-state index contributed by atoms with van der Waals surface area (Å²) in [5.41, 5.74) is 2.03. The zero-order valence-corrected chi connectivity index (χ0v) is 11.9. The molecule has 18 heavy (non-hydrogen) atoms. The zero-order chi connectivity index (χ0) is 13.1. The van der Waals surface area contributed by atoms with Crippen molar-refractivity contribution in [2.75, 3.05) is 5.75 Å². The number of hydrogen-bond donors (Lipinski definition) is 0. The fourth-order valence-corrected chi connectivity index (χ4v) is 3.71. The molecule has 1 atom stereocenters. The largest absolute Gasteiger partial charge is 0.292 e. The summed E-state index contributed by atoms with van der Waals surface area (Å²) in [6.07, 6.45) is 0. The molecule has 1 heterocycles. The van der Waals surface area contributed by atoms with Gasteiger partial charge in [-0.25, -0.2) is 0 Å². The number of ketones is 1. The van der Waals surface area contributed by atoms with Crippen molar-refractivity contribution in [2.24, 2.45) is 0 Å². The number of Topliss-reactive ketones (excluding diaryl/α,β-unsaturated/α-hetero) is 1. The summed E-state index contributed by atoms with van der Waals surface area (Å²) < 4.78 is 12.2. The minimum atomic E-state index is -1.26. The highest BCUT2D eigenvalue weighted by atomic mass is 32.2. The Kier molecular flexibility index (Phi) is 4.09. The summed E-state index contributed by atoms with van der Waals surface area (Å²) in [6.45, 7) is 3.88. The summed E-state index contributed by atoms with van der Waals surface area (Å²) in [7, 11) is -1.26. The number of rotatable bonds is 4. The second-order valence-corrected chi connectivity index (χ2v) is 6.53. The molecule has 0 aliphatic heterocycles. The van der Waals surface area contributed by atoms with E-state index in [2.05, 4.69) is 0 Å². The summed E-state index contributed by atoms with van der Waals surface area (Å²) in [4.78, 5) is 13.3. The Balaban J connectivity index is 2.17. The van der Waals surface area contributed by atoms with E-state index in [0.29, 0.717) is 4.88 Å². The van der Waals surface area contributed by atoms with Gasteiger partial charge in [0, 0.05) is 4.90 Å². The Labute approximate surface area is 113 Å². The van der Waals surface area contributed by atoms with Gasteiger partial charge in [-0.05, 0) is 42.5 Å². The van der Waals surface area contributed by atoms with Crippen LogP contribution in [0.2, 0.25) is 0 Å². The number of hydrogen-bond acceptors (Lipinski definition) is 3. The Morgan fingerprint density at radius 1 is 1.28 bits per heavy atom. The SMILES string of the molecule is Cc1ccc(C)c(S(=O)CC(=O)c2cccs2)c1. The molecule has 0 bridgehead atoms. The zero-order valence-electron chi connectivity index (χ0n) is 10.3. The third-order valence-corrected chi connectivity index (χ3v) is 5.01. The Hall–Kier alpha value is -1.26. The lowest BCUT2D eigenvalue weighted by atomic mass is 10.2. The molecule has 94 valence electrons. The van der Waals surface area contributed by atoms with Gasteiger partial charge in [-0.2, -0.15) is 0 Å². The van der Waals surface area contributed by atoms with Gasteiger partial charge in [-0.15, -0.1) is 11.3 Å². The van der Waals surface area contributed by atoms with Crippen molar-refractivity contribution in [2.45, 2.75) is 18.7 Å². The minimum Gasteiger partial charge on any atom is -0.292 e. The first-order valence-electron chi connectivity index (χ1n) is 5.60. The van der Waals surface area contributed by atoms with Crippen LogP contribution < -0.4 is 0 Å². The van der Waals surface area contributed by atoms with Gasteiger partial charge in [-0.1, -0.05) is 18.2 Å². The molecule has 0 saturated heterocycles. The van der Waals surface area contributed by atoms with E-state index in [-0.39, 0.29) is 11.5 Å². The average molecular weight is 278 g/mol. The van der Waals surface area contributed by atoms with Crippen LogP contribution in [-0.2, 0) is 10.8 Å². The topological polar surface area (TPSA) is 34.1 Å². The molecule has 2 nitrogen and oxygen atoms in total. The van der Waals surface area contributed by atoms with E-state index in [4.69, 9.17) is 0 Å². The number of benzene rings is 1. The van der Waals surface area contributed by atoms with Gasteiger partial charge < -0.3 is 0 Å². The highest BCUT2D eigenvalue weighted by Gasteiger charge is 2.14. The molecule has 0 saturated carbocycles. The van der Waals surface area contributed by atoms with E-state index < -0.39 is 10.8 Å². The lowest BCUT2D eigenvalue weighted by Gasteiger charge is -2.06. The average Bonchev–Trinajstić information content (AvgIpc) is 2.85. The standard InChI is InChI=1S/C14H14O2S2/c1-10-5-6-11(2)14(8-10)18(16)9-12(15)13-4-3-7-17-13/h3-8H,9H2,1-2H3. The van der Waals surface area contributed by atoms with Crippen molar-refractivity contribution < 1.29 is 9.00 Å². The lowest BCUT2D eigenvalue weighted by Crippen LogP contribution is -2.10. The van der Waals surface area contributed by atoms with E-state index in [9.17, 15) is 9.00 Å². The molecule has 1 aromatic heterocycles. The predicted molar refractivity (Wildman–Crippen MR) is 75.8 cm³/mol. The molecule has 0 aliphatic rings. The minimum absolute atomic E-state index is 0.0516. The van der Waals surface area contributed by atoms with Crippen molar-refractivity contribution in [1.82, 2.24) is 0 Å². The second-order valence-electron chi connectivity index (χ2n) is 4.16. The molecule has 1 unspecified atom stereocenters. The third kappa shape index (κ3) is 2.94. The Morgan fingerprint density at radius 3 is 2.72 bits per heavy atom. The smallest absolute Gasteiger partial charge is 0.185 e. The fraction of sp³-hybridized carbons (Fsp3) is 0.214. The lowest BCUT2D eigenvalue weighted by molar-refractivity contribution is 0.102. The van der Waals surface area contributed by atoms with E-state index in [0.717, 1.165) is 16.0 Å². The highest BCUT2D eigenvalue weighted by Crippen LogP contribution is 2.17. The van der Waals surface area contributed by atoms with Crippen LogP contribution in [-0.4, -0.2) is 15.7 Å². The van der Waals surface area contributed by atoms with E-state index >= 15 is 0 Å². The Bertz CT molecular complexity index is 586. The molecule has 0 fully saturated rings. The van der Waals surface area contributed by atoms with Gasteiger partial charge in [0.1, 0.15) is 0 Å². The molecule has 0 spiro atoms. The fourth-order valence-electron chi connectivity index (χ4n) is 1.66. The number of carbonyl (C=O) groups excluding carboxylic acids is 1. The molecule has 4 heteroatoms. The first-order valence-corrected chi connectivity index (χ1v) is 7.80. The molecule has 1 aromatic carbocycles. The van der Waals surface area contributed by atoms with Crippen molar-refractivity contribution in [3.63, 3.8) is 0 Å². The van der Waals surface area contributed by atoms with Crippen molar-refractivity contribution >= 4 is 27.9 Å². The van der Waals surface area contributed by atoms with Gasteiger partial charge in [0.2, 0.25) is 0 Å². The van der Waals surface area contributed by atoms with Crippen LogP contribution in [0.4, 0.5) is 0 Å². The van der Waals surface area contributed by atoms with Gasteiger partial charge in [0.05, 0.1) is 21.4 Å². The first-order chi connectivity index (χ1) is 8.58. The van der Waals surface area contributed by atoms with Crippen molar-refractivity contribution in [3.8, 4) is 0 Å². The summed E-state index contributed by atoms with van der Waals surface area (Å²) in [5.74, 6) is 0.00869. The molecule has 2 aromatic rings. The Morgan fingerprint density at radius 2 is 2.06 bits per heavy atom. The van der Waals surface area contributed by atoms with Crippen LogP contribution in [0.15, 0.2) is 40.6 Å². The second kappa shape index (κ2) is 5.59. The number of thiophene rings is 1. The quantitative estimate of drug-likeness (QED) is 0.804. The molecule has 2 rings (SSSR count). The van der Waals surface area contributed by atoms with Gasteiger partial charge in [0.15, 0.2) is 5.78 Å². The normalized spacial score (nSPS) is 12.3. The van der Waals surface area contributed by atoms with E-state index in [1.165, 1.54) is 11.3 Å². The maximum atomic E-state index is 12.2. The maximum absolute atomic E-state index is 12.2. The van der Waals surface area contributed by atoms with Gasteiger partial charge in [0.25, 0.3) is 0 Å². The van der Waals surface area contributed by atoms with Crippen molar-refractivity contribution in [3.05, 3.63) is 51.7 Å². The molecule has 0 amide bonds. The maximum Gasteiger partial charge on any atom is 0.185 e. The monoisotopic (exact) mass is 278 g/mol. The molecular formula is C14H14O2S2.